The molecule has 4 heterocycles. The fraction of sp³-hybridized carbons (Fsp3) is 0.269. The van der Waals surface area contributed by atoms with Gasteiger partial charge in [-0.1, -0.05) is 0 Å². The van der Waals surface area contributed by atoms with E-state index in [-0.39, 0.29) is 5.52 Å². The van der Waals surface area contributed by atoms with Crippen molar-refractivity contribution in [2.75, 3.05) is 23.3 Å². The molecule has 1 amide bonds. The van der Waals surface area contributed by atoms with Crippen molar-refractivity contribution in [1.29, 1.82) is 0 Å². The number of benzene rings is 2. The zero-order valence-electron chi connectivity index (χ0n) is 20.7. The van der Waals surface area contributed by atoms with E-state index in [1.54, 1.807) is 54.7 Å². The Labute approximate surface area is 212 Å². The highest BCUT2D eigenvalue weighted by molar-refractivity contribution is 6.14. The van der Waals surface area contributed by atoms with E-state index in [9.17, 15) is 9.18 Å². The first-order chi connectivity index (χ1) is 17.9. The number of piperazine rings is 1. The summed E-state index contributed by atoms with van der Waals surface area (Å²) in [6, 6.07) is 9.08. The first-order valence-corrected chi connectivity index (χ1v) is 12.1. The van der Waals surface area contributed by atoms with Gasteiger partial charge in [0, 0.05) is 79.2 Å². The molecule has 5 aromatic rings. The molecule has 1 fully saturated rings. The van der Waals surface area contributed by atoms with Crippen LogP contribution >= 0.6 is 0 Å². The van der Waals surface area contributed by atoms with Gasteiger partial charge in [-0.2, -0.15) is 10.2 Å². The number of hydrogen-bond acceptors (Lipinski definition) is 7. The minimum atomic E-state index is -0.501. The molecule has 0 spiro atoms. The Morgan fingerprint density at radius 1 is 1.16 bits per heavy atom. The molecule has 11 heteroatoms. The smallest absolute Gasteiger partial charge is 0.257 e. The summed E-state index contributed by atoms with van der Waals surface area (Å²) in [6.07, 6.45) is 6.84. The van der Waals surface area contributed by atoms with E-state index >= 15 is 0 Å². The lowest BCUT2D eigenvalue weighted by molar-refractivity contribution is 0.102. The van der Waals surface area contributed by atoms with Crippen molar-refractivity contribution in [2.45, 2.75) is 25.9 Å². The number of amides is 1. The SMILES string of the molecule is C[C@H]1CN(c2ccc(C(=O)Nc3cc(F)c4nn(C)cc4c3)c3nc(-n4cccn4)ncc23)C[C@H](C)N1. The van der Waals surface area contributed by atoms with Gasteiger partial charge < -0.3 is 15.5 Å². The van der Waals surface area contributed by atoms with Crippen molar-refractivity contribution in [3.05, 3.63) is 66.5 Å². The van der Waals surface area contributed by atoms with Crippen molar-refractivity contribution in [2.24, 2.45) is 7.05 Å². The van der Waals surface area contributed by atoms with E-state index in [4.69, 9.17) is 4.98 Å². The van der Waals surface area contributed by atoms with Crippen LogP contribution in [0.3, 0.4) is 0 Å². The number of nitrogens with one attached hydrogen (secondary N) is 2. The van der Waals surface area contributed by atoms with Crippen molar-refractivity contribution in [3.8, 4) is 5.95 Å². The predicted octanol–water partition coefficient (Wildman–Crippen LogP) is 3.28. The van der Waals surface area contributed by atoms with Gasteiger partial charge in [-0.3, -0.25) is 9.48 Å². The van der Waals surface area contributed by atoms with Crippen LogP contribution in [0.4, 0.5) is 15.8 Å². The van der Waals surface area contributed by atoms with Gasteiger partial charge in [0.15, 0.2) is 5.82 Å². The number of halogens is 1. The van der Waals surface area contributed by atoms with Crippen molar-refractivity contribution < 1.29 is 9.18 Å². The van der Waals surface area contributed by atoms with Crippen molar-refractivity contribution in [3.63, 3.8) is 0 Å². The van der Waals surface area contributed by atoms with Gasteiger partial charge in [0.1, 0.15) is 5.52 Å². The number of anilines is 2. The average molecular weight is 500 g/mol. The van der Waals surface area contributed by atoms with E-state index < -0.39 is 11.7 Å². The quantitative estimate of drug-likeness (QED) is 0.391. The zero-order chi connectivity index (χ0) is 25.7. The number of aromatic nitrogens is 6. The molecule has 0 unspecified atom stereocenters. The summed E-state index contributed by atoms with van der Waals surface area (Å²) in [5.41, 5.74) is 2.41. The summed E-state index contributed by atoms with van der Waals surface area (Å²) in [5.74, 6) is -0.543. The maximum absolute atomic E-state index is 14.6. The molecule has 0 bridgehead atoms. The van der Waals surface area contributed by atoms with Gasteiger partial charge in [-0.15, -0.1) is 0 Å². The lowest BCUT2D eigenvalue weighted by atomic mass is 10.0. The van der Waals surface area contributed by atoms with Gasteiger partial charge in [0.2, 0.25) is 0 Å². The summed E-state index contributed by atoms with van der Waals surface area (Å²) < 4.78 is 17.7. The molecule has 1 aliphatic rings. The minimum Gasteiger partial charge on any atom is -0.368 e. The second kappa shape index (κ2) is 8.93. The Morgan fingerprint density at radius 3 is 2.73 bits per heavy atom. The maximum Gasteiger partial charge on any atom is 0.257 e. The van der Waals surface area contributed by atoms with E-state index in [0.717, 1.165) is 24.2 Å². The highest BCUT2D eigenvalue weighted by Crippen LogP contribution is 2.31. The highest BCUT2D eigenvalue weighted by Gasteiger charge is 2.25. The highest BCUT2D eigenvalue weighted by atomic mass is 19.1. The molecule has 2 N–H and O–H groups in total. The van der Waals surface area contributed by atoms with Gasteiger partial charge in [-0.25, -0.2) is 19.0 Å². The largest absolute Gasteiger partial charge is 0.368 e. The molecular formula is C26H26FN9O. The van der Waals surface area contributed by atoms with Gasteiger partial charge in [0.05, 0.1) is 11.1 Å². The second-order valence-corrected chi connectivity index (χ2v) is 9.54. The summed E-state index contributed by atoms with van der Waals surface area (Å²) in [5, 5.41) is 16.1. The number of fused-ring (bicyclic) bond motifs is 2. The van der Waals surface area contributed by atoms with Crippen LogP contribution in [0.2, 0.25) is 0 Å². The van der Waals surface area contributed by atoms with Crippen LogP contribution in [0, 0.1) is 5.82 Å². The monoisotopic (exact) mass is 499 g/mol. The number of hydrogen-bond donors (Lipinski definition) is 2. The molecule has 37 heavy (non-hydrogen) atoms. The number of rotatable bonds is 4. The molecule has 1 aliphatic heterocycles. The van der Waals surface area contributed by atoms with Crippen LogP contribution in [0.5, 0.6) is 0 Å². The van der Waals surface area contributed by atoms with Gasteiger partial charge in [0.25, 0.3) is 11.9 Å². The topological polar surface area (TPSA) is 106 Å². The summed E-state index contributed by atoms with van der Waals surface area (Å²) in [6.45, 7) is 5.93. The molecule has 2 atom stereocenters. The van der Waals surface area contributed by atoms with Crippen LogP contribution < -0.4 is 15.5 Å². The summed E-state index contributed by atoms with van der Waals surface area (Å²) in [7, 11) is 1.72. The van der Waals surface area contributed by atoms with Gasteiger partial charge in [-0.05, 0) is 44.2 Å². The fourth-order valence-corrected chi connectivity index (χ4v) is 5.06. The molecule has 188 valence electrons. The van der Waals surface area contributed by atoms with Crippen LogP contribution in [0.25, 0.3) is 27.8 Å². The van der Waals surface area contributed by atoms with Crippen molar-refractivity contribution in [1.82, 2.24) is 34.8 Å². The Kier molecular flexibility index (Phi) is 5.56. The molecule has 1 saturated heterocycles. The van der Waals surface area contributed by atoms with Gasteiger partial charge >= 0.3 is 0 Å². The molecule has 6 rings (SSSR count). The standard InChI is InChI=1S/C26H26FN9O/c1-15-12-35(13-16(2)30-15)22-6-5-19(24-20(22)11-28-26(32-24)36-8-4-7-29-36)25(37)31-18-9-17-14-34(3)33-23(17)21(27)10-18/h4-11,14-16,30H,12-13H2,1-3H3,(H,31,37)/t15-,16-/m0/s1. The first-order valence-electron chi connectivity index (χ1n) is 12.1. The molecule has 0 aliphatic carbocycles. The molecule has 3 aromatic heterocycles. The lowest BCUT2D eigenvalue weighted by Gasteiger charge is -2.38. The second-order valence-electron chi connectivity index (χ2n) is 9.54. The Balaban J connectivity index is 1.43. The van der Waals surface area contributed by atoms with Crippen LogP contribution in [-0.4, -0.2) is 60.6 Å². The molecule has 0 radical (unpaired) electrons. The van der Waals surface area contributed by atoms with E-state index in [2.05, 4.69) is 44.6 Å². The molecule has 2 aromatic carbocycles. The van der Waals surface area contributed by atoms with Crippen LogP contribution in [0.1, 0.15) is 24.2 Å². The first kappa shape index (κ1) is 23.0. The third kappa shape index (κ3) is 4.27. The Morgan fingerprint density at radius 2 is 1.97 bits per heavy atom. The number of nitrogens with zero attached hydrogens (tertiary/aromatic N) is 7. The maximum atomic E-state index is 14.6. The summed E-state index contributed by atoms with van der Waals surface area (Å²) >= 11 is 0. The molecular weight excluding hydrogens is 473 g/mol. The van der Waals surface area contributed by atoms with Crippen molar-refractivity contribution >= 4 is 39.1 Å². The third-order valence-electron chi connectivity index (χ3n) is 6.50. The fourth-order valence-electron chi connectivity index (χ4n) is 5.06. The number of carbonyl (C=O) groups excluding carboxylic acids is 1. The molecule has 0 saturated carbocycles. The zero-order valence-corrected chi connectivity index (χ0v) is 20.7. The van der Waals surface area contributed by atoms with E-state index in [1.165, 1.54) is 10.7 Å². The Bertz CT molecular complexity index is 1620. The third-order valence-corrected chi connectivity index (χ3v) is 6.50. The molecule has 10 nitrogen and oxygen atoms in total. The van der Waals surface area contributed by atoms with E-state index in [0.29, 0.717) is 40.2 Å². The van der Waals surface area contributed by atoms with E-state index in [1.807, 2.05) is 6.07 Å². The number of carbonyl (C=O) groups is 1. The minimum absolute atomic E-state index is 0.256. The average Bonchev–Trinajstić information content (AvgIpc) is 3.52. The normalized spacial score (nSPS) is 18.0. The van der Waals surface area contributed by atoms with Crippen LogP contribution in [-0.2, 0) is 7.05 Å². The summed E-state index contributed by atoms with van der Waals surface area (Å²) in [4.78, 5) is 25.1. The predicted molar refractivity (Wildman–Crippen MR) is 140 cm³/mol. The lowest BCUT2D eigenvalue weighted by Crippen LogP contribution is -2.54. The number of aryl methyl sites for hydroxylation is 1. The van der Waals surface area contributed by atoms with Crippen LogP contribution in [0.15, 0.2) is 55.1 Å². The Hall–Kier alpha value is -4.38.